The molecule has 2 rings (SSSR count). The largest absolute Gasteiger partial charge is 0.491 e. The van der Waals surface area contributed by atoms with Crippen LogP contribution >= 0.6 is 0 Å². The van der Waals surface area contributed by atoms with Crippen molar-refractivity contribution in [2.45, 2.75) is 45.6 Å². The predicted molar refractivity (Wildman–Crippen MR) is 81.6 cm³/mol. The van der Waals surface area contributed by atoms with E-state index in [4.69, 9.17) is 4.74 Å². The monoisotopic (exact) mass is 278 g/mol. The Hall–Kier alpha value is -1.06. The Morgan fingerprint density at radius 3 is 2.55 bits per heavy atom. The average Bonchev–Trinajstić information content (AvgIpc) is 2.89. The van der Waals surface area contributed by atoms with E-state index in [1.165, 1.54) is 42.0 Å². The highest BCUT2D eigenvalue weighted by molar-refractivity contribution is 5.36. The first kappa shape index (κ1) is 15.3. The third-order valence-electron chi connectivity index (χ3n) is 4.14. The number of nitrogens with one attached hydrogen (secondary N) is 1. The molecule has 1 atom stereocenters. The van der Waals surface area contributed by atoms with Crippen molar-refractivity contribution in [2.75, 3.05) is 26.2 Å². The molecule has 0 aromatic heterocycles. The summed E-state index contributed by atoms with van der Waals surface area (Å²) in [5, 5.41) is 10.0. The minimum atomic E-state index is -0.367. The van der Waals surface area contributed by atoms with Gasteiger partial charge in [0.15, 0.2) is 0 Å². The van der Waals surface area contributed by atoms with E-state index in [9.17, 15) is 5.11 Å². The van der Waals surface area contributed by atoms with E-state index in [-0.39, 0.29) is 6.10 Å². The fourth-order valence-corrected chi connectivity index (χ4v) is 3.05. The quantitative estimate of drug-likeness (QED) is 0.827. The molecule has 1 aromatic rings. The molecule has 1 aliphatic heterocycles. The van der Waals surface area contributed by atoms with Gasteiger partial charge in [0.2, 0.25) is 0 Å². The van der Waals surface area contributed by atoms with Gasteiger partial charge >= 0.3 is 0 Å². The highest BCUT2D eigenvalue weighted by atomic mass is 16.5. The van der Waals surface area contributed by atoms with Crippen LogP contribution in [0.25, 0.3) is 0 Å². The molecule has 0 unspecified atom stereocenters. The van der Waals surface area contributed by atoms with E-state index < -0.39 is 0 Å². The molecule has 0 spiro atoms. The molecule has 1 aliphatic rings. The Balaban J connectivity index is 1.82. The predicted octanol–water partition coefficient (Wildman–Crippen LogP) is 1.54. The number of benzene rings is 1. The highest BCUT2D eigenvalue weighted by Gasteiger charge is 2.19. The highest BCUT2D eigenvalue weighted by Crippen LogP contribution is 2.23. The van der Waals surface area contributed by atoms with E-state index >= 15 is 0 Å². The fourth-order valence-electron chi connectivity index (χ4n) is 3.05. The van der Waals surface area contributed by atoms with E-state index in [0.717, 1.165) is 12.3 Å². The molecule has 0 radical (unpaired) electrons. The molecule has 20 heavy (non-hydrogen) atoms. The van der Waals surface area contributed by atoms with Gasteiger partial charge in [-0.3, -0.25) is 0 Å². The van der Waals surface area contributed by atoms with E-state index in [1.807, 2.05) is 6.07 Å². The van der Waals surface area contributed by atoms with Gasteiger partial charge in [-0.1, -0.05) is 19.9 Å². The SMILES string of the molecule is Cc1cc(OC[C@@H](O)C[NH+]2CCCC2)ccc1C(C)C. The maximum atomic E-state index is 10.0. The van der Waals surface area contributed by atoms with Crippen molar-refractivity contribution in [3.8, 4) is 5.75 Å². The number of aliphatic hydroxyl groups is 1. The summed E-state index contributed by atoms with van der Waals surface area (Å²) in [6.07, 6.45) is 2.21. The van der Waals surface area contributed by atoms with Crippen molar-refractivity contribution < 1.29 is 14.7 Å². The van der Waals surface area contributed by atoms with Gasteiger partial charge in [0.1, 0.15) is 25.0 Å². The van der Waals surface area contributed by atoms with Crippen LogP contribution in [-0.4, -0.2) is 37.5 Å². The molecule has 0 bridgehead atoms. The van der Waals surface area contributed by atoms with Crippen molar-refractivity contribution in [2.24, 2.45) is 0 Å². The summed E-state index contributed by atoms with van der Waals surface area (Å²) >= 11 is 0. The van der Waals surface area contributed by atoms with Gasteiger partial charge in [-0.2, -0.15) is 0 Å². The van der Waals surface area contributed by atoms with Gasteiger partial charge in [0.25, 0.3) is 0 Å². The lowest BCUT2D eigenvalue weighted by molar-refractivity contribution is -0.890. The van der Waals surface area contributed by atoms with E-state index in [2.05, 4.69) is 32.9 Å². The molecule has 1 saturated heterocycles. The second-order valence-corrected chi connectivity index (χ2v) is 6.30. The Morgan fingerprint density at radius 2 is 1.95 bits per heavy atom. The molecule has 2 N–H and O–H groups in total. The first-order valence-corrected chi connectivity index (χ1v) is 7.81. The summed E-state index contributed by atoms with van der Waals surface area (Å²) in [5.74, 6) is 1.40. The van der Waals surface area contributed by atoms with Crippen LogP contribution < -0.4 is 9.64 Å². The molecule has 3 nitrogen and oxygen atoms in total. The zero-order valence-electron chi connectivity index (χ0n) is 13.0. The standard InChI is InChI=1S/C17H27NO2/c1-13(2)17-7-6-16(10-14(17)3)20-12-15(19)11-18-8-4-5-9-18/h6-7,10,13,15,19H,4-5,8-9,11-12H2,1-3H3/p+1/t15-/m0/s1. The third kappa shape index (κ3) is 4.22. The van der Waals surface area contributed by atoms with Crippen LogP contribution in [0.15, 0.2) is 18.2 Å². The number of aliphatic hydroxyl groups excluding tert-OH is 1. The lowest BCUT2D eigenvalue weighted by Crippen LogP contribution is -3.11. The summed E-state index contributed by atoms with van der Waals surface area (Å²) in [6, 6.07) is 6.22. The molecule has 0 aliphatic carbocycles. The number of hydrogen-bond donors (Lipinski definition) is 2. The summed E-state index contributed by atoms with van der Waals surface area (Å²) in [6.45, 7) is 10.1. The minimum absolute atomic E-state index is 0.367. The summed E-state index contributed by atoms with van der Waals surface area (Å²) < 4.78 is 5.73. The van der Waals surface area contributed by atoms with E-state index in [1.54, 1.807) is 0 Å². The Morgan fingerprint density at radius 1 is 1.25 bits per heavy atom. The van der Waals surface area contributed by atoms with Crippen LogP contribution in [0, 0.1) is 6.92 Å². The van der Waals surface area contributed by atoms with Crippen molar-refractivity contribution in [3.05, 3.63) is 29.3 Å². The molecular formula is C17H28NO2+. The molecule has 0 saturated carbocycles. The second-order valence-electron chi connectivity index (χ2n) is 6.30. The Bertz CT molecular complexity index is 425. The number of ether oxygens (including phenoxy) is 1. The van der Waals surface area contributed by atoms with Crippen LogP contribution in [0.2, 0.25) is 0 Å². The number of quaternary nitrogens is 1. The first-order chi connectivity index (χ1) is 9.56. The van der Waals surface area contributed by atoms with Gasteiger partial charge in [-0.15, -0.1) is 0 Å². The van der Waals surface area contributed by atoms with Gasteiger partial charge in [0, 0.05) is 12.8 Å². The number of hydrogen-bond acceptors (Lipinski definition) is 2. The normalized spacial score (nSPS) is 17.6. The second kappa shape index (κ2) is 7.09. The van der Waals surface area contributed by atoms with Crippen molar-refractivity contribution in [1.82, 2.24) is 0 Å². The third-order valence-corrected chi connectivity index (χ3v) is 4.14. The topological polar surface area (TPSA) is 33.9 Å². The fraction of sp³-hybridized carbons (Fsp3) is 0.647. The zero-order chi connectivity index (χ0) is 14.5. The molecular weight excluding hydrogens is 250 g/mol. The summed E-state index contributed by atoms with van der Waals surface area (Å²) in [7, 11) is 0. The first-order valence-electron chi connectivity index (χ1n) is 7.81. The molecule has 1 heterocycles. The zero-order valence-corrected chi connectivity index (χ0v) is 13.0. The van der Waals surface area contributed by atoms with Gasteiger partial charge in [-0.05, 0) is 36.1 Å². The minimum Gasteiger partial charge on any atom is -0.491 e. The smallest absolute Gasteiger partial charge is 0.137 e. The molecule has 112 valence electrons. The van der Waals surface area contributed by atoms with Crippen LogP contribution in [0.4, 0.5) is 0 Å². The van der Waals surface area contributed by atoms with Gasteiger partial charge in [0.05, 0.1) is 13.1 Å². The number of aryl methyl sites for hydroxylation is 1. The molecule has 0 amide bonds. The number of likely N-dealkylation sites (tertiary alicyclic amines) is 1. The van der Waals surface area contributed by atoms with Gasteiger partial charge in [-0.25, -0.2) is 0 Å². The van der Waals surface area contributed by atoms with Crippen LogP contribution in [0.1, 0.15) is 43.7 Å². The van der Waals surface area contributed by atoms with Crippen LogP contribution in [-0.2, 0) is 0 Å². The van der Waals surface area contributed by atoms with Gasteiger partial charge < -0.3 is 14.7 Å². The molecule has 1 aromatic carbocycles. The lowest BCUT2D eigenvalue weighted by atomic mass is 9.98. The van der Waals surface area contributed by atoms with Crippen molar-refractivity contribution in [3.63, 3.8) is 0 Å². The van der Waals surface area contributed by atoms with Crippen molar-refractivity contribution in [1.29, 1.82) is 0 Å². The van der Waals surface area contributed by atoms with Crippen LogP contribution in [0.3, 0.4) is 0 Å². The number of rotatable bonds is 6. The van der Waals surface area contributed by atoms with E-state index in [0.29, 0.717) is 12.5 Å². The summed E-state index contributed by atoms with van der Waals surface area (Å²) in [5.41, 5.74) is 2.62. The lowest BCUT2D eigenvalue weighted by Gasteiger charge is -2.18. The average molecular weight is 278 g/mol. The van der Waals surface area contributed by atoms with Crippen molar-refractivity contribution >= 4 is 0 Å². The van der Waals surface area contributed by atoms with Crippen LogP contribution in [0.5, 0.6) is 5.75 Å². The maximum Gasteiger partial charge on any atom is 0.137 e. The maximum absolute atomic E-state index is 10.0. The Kier molecular flexibility index (Phi) is 5.44. The summed E-state index contributed by atoms with van der Waals surface area (Å²) in [4.78, 5) is 1.51. The molecule has 1 fully saturated rings. The Labute approximate surface area is 122 Å². The molecule has 3 heteroatoms.